The van der Waals surface area contributed by atoms with Crippen LogP contribution in [0.1, 0.15) is 38.1 Å². The molecule has 4 nitrogen and oxygen atoms in total. The molecule has 0 radical (unpaired) electrons. The number of benzene rings is 1. The first-order chi connectivity index (χ1) is 9.86. The van der Waals surface area contributed by atoms with E-state index in [1.807, 2.05) is 31.2 Å². The molecule has 0 saturated carbocycles. The Kier molecular flexibility index (Phi) is 4.28. The van der Waals surface area contributed by atoms with Crippen molar-refractivity contribution in [1.29, 1.82) is 0 Å². The SMILES string of the molecule is CCOC(=O)C(C)(C)C(O)c1ccc2nc(C)ccc2c1. The third-order valence-electron chi connectivity index (χ3n) is 3.65. The van der Waals surface area contributed by atoms with E-state index in [0.29, 0.717) is 12.2 Å². The molecular weight excluding hydrogens is 266 g/mol. The van der Waals surface area contributed by atoms with Gasteiger partial charge >= 0.3 is 5.97 Å². The third-order valence-corrected chi connectivity index (χ3v) is 3.65. The standard InChI is InChI=1S/C17H21NO3/c1-5-21-16(20)17(3,4)15(19)13-8-9-14-12(10-13)7-6-11(2)18-14/h6-10,15,19H,5H2,1-4H3. The van der Waals surface area contributed by atoms with Crippen LogP contribution in [0.3, 0.4) is 0 Å². The average Bonchev–Trinajstić information content (AvgIpc) is 2.46. The van der Waals surface area contributed by atoms with Crippen LogP contribution < -0.4 is 0 Å². The van der Waals surface area contributed by atoms with Gasteiger partial charge < -0.3 is 9.84 Å². The van der Waals surface area contributed by atoms with E-state index in [1.54, 1.807) is 26.8 Å². The molecule has 4 heteroatoms. The number of nitrogens with zero attached hydrogens (tertiary/aromatic N) is 1. The molecule has 0 fully saturated rings. The van der Waals surface area contributed by atoms with E-state index >= 15 is 0 Å². The number of aryl methyl sites for hydroxylation is 1. The Hall–Kier alpha value is -1.94. The maximum absolute atomic E-state index is 12.0. The summed E-state index contributed by atoms with van der Waals surface area (Å²) in [7, 11) is 0. The Labute approximate surface area is 124 Å². The number of hydrogen-bond donors (Lipinski definition) is 1. The number of carbonyl (C=O) groups is 1. The number of fused-ring (bicyclic) bond motifs is 1. The van der Waals surface area contributed by atoms with Crippen molar-refractivity contribution in [2.24, 2.45) is 5.41 Å². The Morgan fingerprint density at radius 1 is 1.33 bits per heavy atom. The van der Waals surface area contributed by atoms with Gasteiger partial charge in [-0.2, -0.15) is 0 Å². The summed E-state index contributed by atoms with van der Waals surface area (Å²) in [5.74, 6) is -0.403. The zero-order valence-corrected chi connectivity index (χ0v) is 12.9. The van der Waals surface area contributed by atoms with Crippen molar-refractivity contribution in [1.82, 2.24) is 4.98 Å². The van der Waals surface area contributed by atoms with E-state index in [0.717, 1.165) is 16.6 Å². The first kappa shape index (κ1) is 15.4. The zero-order valence-electron chi connectivity index (χ0n) is 12.9. The summed E-state index contributed by atoms with van der Waals surface area (Å²) < 4.78 is 5.04. The zero-order chi connectivity index (χ0) is 15.6. The number of aliphatic hydroxyl groups excluding tert-OH is 1. The molecule has 1 heterocycles. The van der Waals surface area contributed by atoms with Gasteiger partial charge in [-0.1, -0.05) is 12.1 Å². The Morgan fingerprint density at radius 3 is 2.71 bits per heavy atom. The molecule has 0 aliphatic heterocycles. The number of carbonyl (C=O) groups excluding carboxylic acids is 1. The van der Waals surface area contributed by atoms with E-state index < -0.39 is 17.5 Å². The van der Waals surface area contributed by atoms with Crippen molar-refractivity contribution in [3.05, 3.63) is 41.6 Å². The van der Waals surface area contributed by atoms with Crippen LogP contribution in [-0.4, -0.2) is 22.7 Å². The lowest BCUT2D eigenvalue weighted by Crippen LogP contribution is -2.33. The Bertz CT molecular complexity index is 664. The molecule has 2 rings (SSSR count). The largest absolute Gasteiger partial charge is 0.465 e. The highest BCUT2D eigenvalue weighted by atomic mass is 16.5. The van der Waals surface area contributed by atoms with Crippen LogP contribution >= 0.6 is 0 Å². The quantitative estimate of drug-likeness (QED) is 0.877. The molecule has 0 bridgehead atoms. The van der Waals surface area contributed by atoms with Gasteiger partial charge in [-0.25, -0.2) is 0 Å². The van der Waals surface area contributed by atoms with Crippen molar-refractivity contribution >= 4 is 16.9 Å². The van der Waals surface area contributed by atoms with E-state index in [2.05, 4.69) is 4.98 Å². The van der Waals surface area contributed by atoms with Gasteiger partial charge in [0.1, 0.15) is 0 Å². The minimum absolute atomic E-state index is 0.301. The molecule has 2 aromatic rings. The maximum atomic E-state index is 12.0. The second-order valence-corrected chi connectivity index (χ2v) is 5.75. The highest BCUT2D eigenvalue weighted by Gasteiger charge is 2.38. The fraction of sp³-hybridized carbons (Fsp3) is 0.412. The highest BCUT2D eigenvalue weighted by Crippen LogP contribution is 2.35. The fourth-order valence-electron chi connectivity index (χ4n) is 2.26. The smallest absolute Gasteiger partial charge is 0.314 e. The summed E-state index contributed by atoms with van der Waals surface area (Å²) in [4.78, 5) is 16.4. The predicted molar refractivity (Wildman–Crippen MR) is 81.9 cm³/mol. The first-order valence-electron chi connectivity index (χ1n) is 7.09. The third kappa shape index (κ3) is 3.05. The summed E-state index contributed by atoms with van der Waals surface area (Å²) in [5.41, 5.74) is 1.51. The van der Waals surface area contributed by atoms with Gasteiger partial charge in [-0.3, -0.25) is 9.78 Å². The molecule has 0 amide bonds. The number of ether oxygens (including phenoxy) is 1. The molecule has 112 valence electrons. The summed E-state index contributed by atoms with van der Waals surface area (Å²) >= 11 is 0. The van der Waals surface area contributed by atoms with E-state index in [1.165, 1.54) is 0 Å². The summed E-state index contributed by atoms with van der Waals surface area (Å²) in [6.45, 7) is 7.37. The normalized spacial score (nSPS) is 13.2. The van der Waals surface area contributed by atoms with Gasteiger partial charge in [0.2, 0.25) is 0 Å². The molecule has 0 spiro atoms. The van der Waals surface area contributed by atoms with Gasteiger partial charge in [0.25, 0.3) is 0 Å². The monoisotopic (exact) mass is 287 g/mol. The molecule has 1 unspecified atom stereocenters. The molecule has 1 N–H and O–H groups in total. The molecule has 0 aliphatic rings. The van der Waals surface area contributed by atoms with E-state index in [-0.39, 0.29) is 0 Å². The van der Waals surface area contributed by atoms with Crippen LogP contribution in [0.25, 0.3) is 10.9 Å². The van der Waals surface area contributed by atoms with Crippen molar-refractivity contribution in [3.8, 4) is 0 Å². The fourth-order valence-corrected chi connectivity index (χ4v) is 2.26. The predicted octanol–water partition coefficient (Wildman–Crippen LogP) is 3.17. The van der Waals surface area contributed by atoms with Crippen LogP contribution in [-0.2, 0) is 9.53 Å². The van der Waals surface area contributed by atoms with Crippen molar-refractivity contribution in [3.63, 3.8) is 0 Å². The van der Waals surface area contributed by atoms with Crippen molar-refractivity contribution < 1.29 is 14.6 Å². The molecule has 1 atom stereocenters. The molecule has 0 saturated heterocycles. The molecular formula is C17H21NO3. The van der Waals surface area contributed by atoms with E-state index in [9.17, 15) is 9.90 Å². The Morgan fingerprint density at radius 2 is 2.05 bits per heavy atom. The molecule has 0 aliphatic carbocycles. The van der Waals surface area contributed by atoms with Crippen LogP contribution in [0.5, 0.6) is 0 Å². The molecule has 1 aromatic heterocycles. The van der Waals surface area contributed by atoms with Crippen LogP contribution in [0, 0.1) is 12.3 Å². The summed E-state index contributed by atoms with van der Waals surface area (Å²) in [5, 5.41) is 11.5. The van der Waals surface area contributed by atoms with Crippen LogP contribution in [0.4, 0.5) is 0 Å². The first-order valence-corrected chi connectivity index (χ1v) is 7.09. The number of rotatable bonds is 4. The van der Waals surface area contributed by atoms with Crippen molar-refractivity contribution in [2.75, 3.05) is 6.61 Å². The number of esters is 1. The second kappa shape index (κ2) is 5.82. The van der Waals surface area contributed by atoms with Crippen LogP contribution in [0.15, 0.2) is 30.3 Å². The topological polar surface area (TPSA) is 59.4 Å². The number of aliphatic hydroxyl groups is 1. The average molecular weight is 287 g/mol. The van der Waals surface area contributed by atoms with E-state index in [4.69, 9.17) is 4.74 Å². The minimum atomic E-state index is -0.998. The summed E-state index contributed by atoms with van der Waals surface area (Å²) in [6.07, 6.45) is -0.928. The molecule has 21 heavy (non-hydrogen) atoms. The number of pyridine rings is 1. The highest BCUT2D eigenvalue weighted by molar-refractivity contribution is 5.81. The van der Waals surface area contributed by atoms with Gasteiger partial charge in [-0.05, 0) is 51.5 Å². The summed E-state index contributed by atoms with van der Waals surface area (Å²) in [6, 6.07) is 9.43. The van der Waals surface area contributed by atoms with Gasteiger partial charge in [0.05, 0.1) is 23.6 Å². The lowest BCUT2D eigenvalue weighted by molar-refractivity contribution is -0.160. The Balaban J connectivity index is 2.36. The molecule has 1 aromatic carbocycles. The maximum Gasteiger partial charge on any atom is 0.314 e. The number of hydrogen-bond acceptors (Lipinski definition) is 4. The number of aromatic nitrogens is 1. The van der Waals surface area contributed by atoms with Crippen molar-refractivity contribution in [2.45, 2.75) is 33.8 Å². The van der Waals surface area contributed by atoms with Gasteiger partial charge in [0, 0.05) is 11.1 Å². The van der Waals surface area contributed by atoms with Crippen LogP contribution in [0.2, 0.25) is 0 Å². The minimum Gasteiger partial charge on any atom is -0.465 e. The lowest BCUT2D eigenvalue weighted by Gasteiger charge is -2.28. The van der Waals surface area contributed by atoms with Gasteiger partial charge in [-0.15, -0.1) is 0 Å². The van der Waals surface area contributed by atoms with Gasteiger partial charge in [0.15, 0.2) is 0 Å². The lowest BCUT2D eigenvalue weighted by atomic mass is 9.82. The second-order valence-electron chi connectivity index (χ2n) is 5.75.